The minimum absolute atomic E-state index is 0.0543. The molecule has 0 spiro atoms. The van der Waals surface area contributed by atoms with Crippen LogP contribution < -0.4 is 10.3 Å². The monoisotopic (exact) mass is 435 g/mol. The minimum atomic E-state index is -0.325. The molecule has 1 atom stereocenters. The molecule has 1 aliphatic rings. The summed E-state index contributed by atoms with van der Waals surface area (Å²) in [4.78, 5) is 26.6. The zero-order chi connectivity index (χ0) is 20.9. The van der Waals surface area contributed by atoms with Gasteiger partial charge < -0.3 is 0 Å². The van der Waals surface area contributed by atoms with Gasteiger partial charge in [-0.05, 0) is 47.5 Å². The van der Waals surface area contributed by atoms with E-state index in [1.165, 1.54) is 0 Å². The average Bonchev–Trinajstić information content (AvgIpc) is 3.17. The first-order valence-electron chi connectivity index (χ1n) is 9.29. The maximum absolute atomic E-state index is 12.5. The Kier molecular flexibility index (Phi) is 6.16. The maximum Gasteiger partial charge on any atom is 0.271 e. The summed E-state index contributed by atoms with van der Waals surface area (Å²) in [7, 11) is 0. The number of thioether (sulfide) groups is 1. The van der Waals surface area contributed by atoms with E-state index in [2.05, 4.69) is 10.5 Å². The van der Waals surface area contributed by atoms with E-state index >= 15 is 0 Å². The maximum atomic E-state index is 12.5. The van der Waals surface area contributed by atoms with Gasteiger partial charge in [0.15, 0.2) is 0 Å². The van der Waals surface area contributed by atoms with Crippen LogP contribution >= 0.6 is 23.4 Å². The van der Waals surface area contributed by atoms with Gasteiger partial charge in [0.05, 0.1) is 12.0 Å². The molecule has 0 saturated carbocycles. The Hall–Kier alpha value is -3.09. The van der Waals surface area contributed by atoms with Gasteiger partial charge >= 0.3 is 0 Å². The van der Waals surface area contributed by atoms with Crippen molar-refractivity contribution in [1.82, 2.24) is 5.43 Å². The van der Waals surface area contributed by atoms with Crippen molar-refractivity contribution in [3.8, 4) is 0 Å². The van der Waals surface area contributed by atoms with Gasteiger partial charge in [0.25, 0.3) is 5.91 Å². The molecule has 150 valence electrons. The summed E-state index contributed by atoms with van der Waals surface area (Å²) in [6.45, 7) is 0. The topological polar surface area (TPSA) is 61.8 Å². The normalized spacial score (nSPS) is 16.2. The van der Waals surface area contributed by atoms with E-state index in [-0.39, 0.29) is 17.2 Å². The molecule has 30 heavy (non-hydrogen) atoms. The number of amides is 2. The SMILES string of the molecule is O=C(NN=Cc1ccc(Cl)cc1)c1ccc(N2C(=O)CS[C@@H]2c2ccccc2)cc1. The van der Waals surface area contributed by atoms with Crippen molar-refractivity contribution in [3.63, 3.8) is 0 Å². The predicted molar refractivity (Wildman–Crippen MR) is 122 cm³/mol. The summed E-state index contributed by atoms with van der Waals surface area (Å²) in [6, 6.07) is 24.0. The summed E-state index contributed by atoms with van der Waals surface area (Å²) in [5.41, 5.74) is 5.63. The van der Waals surface area contributed by atoms with E-state index < -0.39 is 0 Å². The number of nitrogens with one attached hydrogen (secondary N) is 1. The molecule has 3 aromatic rings. The van der Waals surface area contributed by atoms with Crippen molar-refractivity contribution in [2.45, 2.75) is 5.37 Å². The van der Waals surface area contributed by atoms with Crippen molar-refractivity contribution in [2.24, 2.45) is 5.10 Å². The Morgan fingerprint density at radius 1 is 1.03 bits per heavy atom. The molecule has 1 N–H and O–H groups in total. The largest absolute Gasteiger partial charge is 0.295 e. The lowest BCUT2D eigenvalue weighted by atomic mass is 10.1. The summed E-state index contributed by atoms with van der Waals surface area (Å²) >= 11 is 7.45. The molecule has 0 bridgehead atoms. The number of anilines is 1. The molecule has 0 aliphatic carbocycles. The van der Waals surface area contributed by atoms with Crippen molar-refractivity contribution < 1.29 is 9.59 Å². The van der Waals surface area contributed by atoms with Crippen LogP contribution in [0.3, 0.4) is 0 Å². The lowest BCUT2D eigenvalue weighted by Crippen LogP contribution is -2.28. The third kappa shape index (κ3) is 4.56. The molecule has 1 aliphatic heterocycles. The van der Waals surface area contributed by atoms with Gasteiger partial charge in [-0.15, -0.1) is 11.8 Å². The predicted octanol–water partition coefficient (Wildman–Crippen LogP) is 4.88. The Morgan fingerprint density at radius 3 is 2.43 bits per heavy atom. The number of hydrazone groups is 1. The van der Waals surface area contributed by atoms with Crippen LogP contribution in [0, 0.1) is 0 Å². The summed E-state index contributed by atoms with van der Waals surface area (Å²) in [5, 5.41) is 4.55. The van der Waals surface area contributed by atoms with Gasteiger partial charge in [0.1, 0.15) is 5.37 Å². The zero-order valence-electron chi connectivity index (χ0n) is 15.9. The van der Waals surface area contributed by atoms with Crippen LogP contribution in [0.15, 0.2) is 84.0 Å². The Bertz CT molecular complexity index is 1070. The quantitative estimate of drug-likeness (QED) is 0.458. The highest BCUT2D eigenvalue weighted by molar-refractivity contribution is 8.00. The first-order valence-corrected chi connectivity index (χ1v) is 10.7. The van der Waals surface area contributed by atoms with E-state index in [0.29, 0.717) is 16.3 Å². The first-order chi connectivity index (χ1) is 14.6. The number of carbonyl (C=O) groups excluding carboxylic acids is 2. The fourth-order valence-electron chi connectivity index (χ4n) is 3.12. The van der Waals surface area contributed by atoms with Crippen molar-refractivity contribution in [3.05, 3.63) is 101 Å². The number of hydrogen-bond donors (Lipinski definition) is 1. The highest BCUT2D eigenvalue weighted by Crippen LogP contribution is 2.41. The fourth-order valence-corrected chi connectivity index (χ4v) is 4.42. The molecular formula is C23H18ClN3O2S. The summed E-state index contributed by atoms with van der Waals surface area (Å²) in [6.07, 6.45) is 1.55. The van der Waals surface area contributed by atoms with Crippen LogP contribution in [-0.4, -0.2) is 23.8 Å². The second kappa shape index (κ2) is 9.15. The number of nitrogens with zero attached hydrogens (tertiary/aromatic N) is 2. The van der Waals surface area contributed by atoms with Crippen LogP contribution in [0.4, 0.5) is 5.69 Å². The van der Waals surface area contributed by atoms with Gasteiger partial charge in [0.2, 0.25) is 5.91 Å². The van der Waals surface area contributed by atoms with Gasteiger partial charge in [-0.1, -0.05) is 54.1 Å². The third-order valence-electron chi connectivity index (χ3n) is 4.61. The van der Waals surface area contributed by atoms with E-state index in [9.17, 15) is 9.59 Å². The van der Waals surface area contributed by atoms with Crippen molar-refractivity contribution in [2.75, 3.05) is 10.7 Å². The Balaban J connectivity index is 1.44. The lowest BCUT2D eigenvalue weighted by molar-refractivity contribution is -0.115. The zero-order valence-corrected chi connectivity index (χ0v) is 17.4. The molecule has 1 heterocycles. The van der Waals surface area contributed by atoms with E-state index in [1.807, 2.05) is 30.3 Å². The number of benzene rings is 3. The number of hydrogen-bond acceptors (Lipinski definition) is 4. The smallest absolute Gasteiger partial charge is 0.271 e. The number of halogens is 1. The molecule has 0 aromatic heterocycles. The Morgan fingerprint density at radius 2 is 1.73 bits per heavy atom. The van der Waals surface area contributed by atoms with Crippen LogP contribution in [0.1, 0.15) is 26.9 Å². The third-order valence-corrected chi connectivity index (χ3v) is 6.07. The van der Waals surface area contributed by atoms with Gasteiger partial charge in [-0.25, -0.2) is 5.43 Å². The number of carbonyl (C=O) groups is 2. The lowest BCUT2D eigenvalue weighted by Gasteiger charge is -2.24. The molecule has 0 unspecified atom stereocenters. The second-order valence-electron chi connectivity index (χ2n) is 6.64. The van der Waals surface area contributed by atoms with Crippen molar-refractivity contribution >= 4 is 47.1 Å². The molecule has 1 saturated heterocycles. The molecule has 2 amide bonds. The Labute approximate surface area is 183 Å². The standard InChI is InChI=1S/C23H18ClN3O2S/c24-19-10-6-16(7-11-19)14-25-26-22(29)17-8-12-20(13-9-17)27-21(28)15-30-23(27)18-4-2-1-3-5-18/h1-14,23H,15H2,(H,26,29)/t23-/m1/s1. The molecule has 0 radical (unpaired) electrons. The second-order valence-corrected chi connectivity index (χ2v) is 8.14. The van der Waals surface area contributed by atoms with Crippen LogP contribution in [0.25, 0.3) is 0 Å². The van der Waals surface area contributed by atoms with Crippen LogP contribution in [0.5, 0.6) is 0 Å². The molecular weight excluding hydrogens is 418 g/mol. The van der Waals surface area contributed by atoms with E-state index in [0.717, 1.165) is 16.8 Å². The minimum Gasteiger partial charge on any atom is -0.295 e. The van der Waals surface area contributed by atoms with Gasteiger partial charge in [0, 0.05) is 16.3 Å². The summed E-state index contributed by atoms with van der Waals surface area (Å²) in [5.74, 6) is 0.161. The fraction of sp³-hybridized carbons (Fsp3) is 0.0870. The highest BCUT2D eigenvalue weighted by Gasteiger charge is 2.33. The van der Waals surface area contributed by atoms with E-state index in [1.54, 1.807) is 71.4 Å². The average molecular weight is 436 g/mol. The number of rotatable bonds is 5. The molecule has 3 aromatic carbocycles. The first kappa shape index (κ1) is 20.2. The molecule has 5 nitrogen and oxygen atoms in total. The van der Waals surface area contributed by atoms with Gasteiger partial charge in [-0.2, -0.15) is 5.10 Å². The van der Waals surface area contributed by atoms with Crippen LogP contribution in [0.2, 0.25) is 5.02 Å². The molecule has 1 fully saturated rings. The highest BCUT2D eigenvalue weighted by atomic mass is 35.5. The van der Waals surface area contributed by atoms with Crippen LogP contribution in [-0.2, 0) is 4.79 Å². The summed E-state index contributed by atoms with van der Waals surface area (Å²) < 4.78 is 0. The van der Waals surface area contributed by atoms with Gasteiger partial charge in [-0.3, -0.25) is 14.5 Å². The van der Waals surface area contributed by atoms with Crippen molar-refractivity contribution in [1.29, 1.82) is 0 Å². The van der Waals surface area contributed by atoms with E-state index in [4.69, 9.17) is 11.6 Å². The molecule has 7 heteroatoms. The molecule has 4 rings (SSSR count).